The van der Waals surface area contributed by atoms with Crippen molar-refractivity contribution in [3.8, 4) is 6.07 Å². The minimum Gasteiger partial charge on any atom is -0.327 e. The van der Waals surface area contributed by atoms with E-state index >= 15 is 0 Å². The molecule has 3 rings (SSSR count). The second-order valence-electron chi connectivity index (χ2n) is 6.54. The first-order valence-electron chi connectivity index (χ1n) is 8.42. The van der Waals surface area contributed by atoms with E-state index < -0.39 is 5.54 Å². The van der Waals surface area contributed by atoms with Crippen LogP contribution in [0.3, 0.4) is 0 Å². The lowest BCUT2D eigenvalue weighted by Gasteiger charge is -2.29. The van der Waals surface area contributed by atoms with Gasteiger partial charge in [-0.2, -0.15) is 5.26 Å². The molecule has 0 bridgehead atoms. The summed E-state index contributed by atoms with van der Waals surface area (Å²) in [6, 6.07) is 9.31. The molecule has 25 heavy (non-hydrogen) atoms. The Bertz CT molecular complexity index is 834. The SMILES string of the molecule is Cc1ccc(NC(=O)NC2(c3ccnc(C#N)n3)CCCC2)cc1C. The summed E-state index contributed by atoms with van der Waals surface area (Å²) in [5.41, 5.74) is 3.23. The summed E-state index contributed by atoms with van der Waals surface area (Å²) in [7, 11) is 0. The van der Waals surface area contributed by atoms with Gasteiger partial charge in [-0.15, -0.1) is 0 Å². The number of carbonyl (C=O) groups excluding carboxylic acids is 1. The van der Waals surface area contributed by atoms with Crippen LogP contribution in [0.25, 0.3) is 0 Å². The highest BCUT2D eigenvalue weighted by atomic mass is 16.2. The highest BCUT2D eigenvalue weighted by Gasteiger charge is 2.38. The molecule has 2 amide bonds. The van der Waals surface area contributed by atoms with E-state index in [1.165, 1.54) is 5.56 Å². The van der Waals surface area contributed by atoms with Crippen LogP contribution in [0.15, 0.2) is 30.5 Å². The second kappa shape index (κ2) is 6.89. The lowest BCUT2D eigenvalue weighted by atomic mass is 9.93. The van der Waals surface area contributed by atoms with E-state index in [1.54, 1.807) is 12.3 Å². The van der Waals surface area contributed by atoms with Crippen LogP contribution in [-0.2, 0) is 5.54 Å². The highest BCUT2D eigenvalue weighted by Crippen LogP contribution is 2.37. The van der Waals surface area contributed by atoms with Crippen molar-refractivity contribution < 1.29 is 4.79 Å². The van der Waals surface area contributed by atoms with Gasteiger partial charge in [0.25, 0.3) is 0 Å². The van der Waals surface area contributed by atoms with Crippen LogP contribution in [0.2, 0.25) is 0 Å². The fourth-order valence-corrected chi connectivity index (χ4v) is 3.30. The van der Waals surface area contributed by atoms with Gasteiger partial charge in [0, 0.05) is 11.9 Å². The number of aromatic nitrogens is 2. The molecular formula is C19H21N5O. The van der Waals surface area contributed by atoms with E-state index in [4.69, 9.17) is 5.26 Å². The topological polar surface area (TPSA) is 90.7 Å². The summed E-state index contributed by atoms with van der Waals surface area (Å²) in [6.07, 6.45) is 5.19. The number of nitriles is 1. The molecule has 1 saturated carbocycles. The van der Waals surface area contributed by atoms with Crippen LogP contribution in [0, 0.1) is 25.2 Å². The smallest absolute Gasteiger partial charge is 0.319 e. The predicted octanol–water partition coefficient (Wildman–Crippen LogP) is 3.56. The number of hydrogen-bond acceptors (Lipinski definition) is 4. The molecule has 1 aliphatic carbocycles. The molecule has 0 aliphatic heterocycles. The van der Waals surface area contributed by atoms with Crippen molar-refractivity contribution in [3.05, 3.63) is 53.1 Å². The number of nitrogens with zero attached hydrogens (tertiary/aromatic N) is 3. The average Bonchev–Trinajstić information content (AvgIpc) is 3.08. The molecular weight excluding hydrogens is 314 g/mol. The first kappa shape index (κ1) is 16.9. The van der Waals surface area contributed by atoms with Crippen molar-refractivity contribution in [1.29, 1.82) is 5.26 Å². The Kier molecular flexibility index (Phi) is 4.66. The number of carbonyl (C=O) groups is 1. The Morgan fingerprint density at radius 2 is 1.96 bits per heavy atom. The Balaban J connectivity index is 1.80. The molecule has 6 heteroatoms. The van der Waals surface area contributed by atoms with Crippen LogP contribution >= 0.6 is 0 Å². The first-order valence-corrected chi connectivity index (χ1v) is 8.42. The quantitative estimate of drug-likeness (QED) is 0.897. The van der Waals surface area contributed by atoms with Crippen LogP contribution in [0.5, 0.6) is 0 Å². The van der Waals surface area contributed by atoms with Crippen molar-refractivity contribution >= 4 is 11.7 Å². The summed E-state index contributed by atoms with van der Waals surface area (Å²) in [4.78, 5) is 20.8. The van der Waals surface area contributed by atoms with Gasteiger partial charge in [0.15, 0.2) is 0 Å². The Labute approximate surface area is 147 Å². The number of anilines is 1. The Morgan fingerprint density at radius 1 is 1.20 bits per heavy atom. The predicted molar refractivity (Wildman–Crippen MR) is 95.0 cm³/mol. The molecule has 2 N–H and O–H groups in total. The number of urea groups is 1. The normalized spacial score (nSPS) is 15.4. The molecule has 0 unspecified atom stereocenters. The monoisotopic (exact) mass is 335 g/mol. The van der Waals surface area contributed by atoms with Crippen LogP contribution < -0.4 is 10.6 Å². The summed E-state index contributed by atoms with van der Waals surface area (Å²) in [5, 5.41) is 15.0. The molecule has 6 nitrogen and oxygen atoms in total. The molecule has 0 atom stereocenters. The van der Waals surface area contributed by atoms with E-state index in [1.807, 2.05) is 38.1 Å². The molecule has 2 aromatic rings. The van der Waals surface area contributed by atoms with Crippen LogP contribution in [-0.4, -0.2) is 16.0 Å². The number of hydrogen-bond donors (Lipinski definition) is 2. The fraction of sp³-hybridized carbons (Fsp3) is 0.368. The summed E-state index contributed by atoms with van der Waals surface area (Å²) in [5.74, 6) is 0.125. The zero-order valence-corrected chi connectivity index (χ0v) is 14.5. The van der Waals surface area contributed by atoms with Crippen molar-refractivity contribution in [2.24, 2.45) is 0 Å². The minimum atomic E-state index is -0.543. The molecule has 0 radical (unpaired) electrons. The molecule has 0 spiro atoms. The third kappa shape index (κ3) is 3.61. The van der Waals surface area contributed by atoms with E-state index in [2.05, 4.69) is 20.6 Å². The first-order chi connectivity index (χ1) is 12.0. The molecule has 1 heterocycles. The molecule has 0 saturated heterocycles. The summed E-state index contributed by atoms with van der Waals surface area (Å²) in [6.45, 7) is 4.05. The summed E-state index contributed by atoms with van der Waals surface area (Å²) < 4.78 is 0. The number of rotatable bonds is 3. The molecule has 1 aromatic heterocycles. The molecule has 1 aromatic carbocycles. The third-order valence-corrected chi connectivity index (χ3v) is 4.82. The van der Waals surface area contributed by atoms with Gasteiger partial charge in [-0.1, -0.05) is 18.9 Å². The van der Waals surface area contributed by atoms with Gasteiger partial charge in [0.2, 0.25) is 5.82 Å². The van der Waals surface area contributed by atoms with Crippen molar-refractivity contribution in [2.45, 2.75) is 45.1 Å². The van der Waals surface area contributed by atoms with Gasteiger partial charge in [-0.3, -0.25) is 0 Å². The lowest BCUT2D eigenvalue weighted by Crippen LogP contribution is -2.46. The van der Waals surface area contributed by atoms with E-state index in [9.17, 15) is 4.79 Å². The van der Waals surface area contributed by atoms with E-state index in [0.717, 1.165) is 36.9 Å². The largest absolute Gasteiger partial charge is 0.327 e. The van der Waals surface area contributed by atoms with Gasteiger partial charge in [0.05, 0.1) is 11.2 Å². The fourth-order valence-electron chi connectivity index (χ4n) is 3.30. The summed E-state index contributed by atoms with van der Waals surface area (Å²) >= 11 is 0. The van der Waals surface area contributed by atoms with Gasteiger partial charge in [-0.25, -0.2) is 14.8 Å². The van der Waals surface area contributed by atoms with Crippen molar-refractivity contribution in [2.75, 3.05) is 5.32 Å². The minimum absolute atomic E-state index is 0.125. The Morgan fingerprint density at radius 3 is 2.64 bits per heavy atom. The second-order valence-corrected chi connectivity index (χ2v) is 6.54. The number of amides is 2. The highest BCUT2D eigenvalue weighted by molar-refractivity contribution is 5.90. The maximum atomic E-state index is 12.6. The zero-order valence-electron chi connectivity index (χ0n) is 14.5. The number of benzene rings is 1. The van der Waals surface area contributed by atoms with Gasteiger partial charge < -0.3 is 10.6 Å². The number of nitrogens with one attached hydrogen (secondary N) is 2. The molecule has 1 aliphatic rings. The lowest BCUT2D eigenvalue weighted by molar-refractivity contribution is 0.235. The third-order valence-electron chi connectivity index (χ3n) is 4.82. The molecule has 1 fully saturated rings. The number of aryl methyl sites for hydroxylation is 2. The molecule has 128 valence electrons. The maximum absolute atomic E-state index is 12.6. The van der Waals surface area contributed by atoms with Crippen molar-refractivity contribution in [3.63, 3.8) is 0 Å². The Hall–Kier alpha value is -2.94. The average molecular weight is 335 g/mol. The van der Waals surface area contributed by atoms with E-state index in [-0.39, 0.29) is 11.9 Å². The van der Waals surface area contributed by atoms with E-state index in [0.29, 0.717) is 5.69 Å². The van der Waals surface area contributed by atoms with Crippen LogP contribution in [0.1, 0.15) is 48.3 Å². The van der Waals surface area contributed by atoms with Gasteiger partial charge in [-0.05, 0) is 56.0 Å². The van der Waals surface area contributed by atoms with Gasteiger partial charge in [0.1, 0.15) is 6.07 Å². The van der Waals surface area contributed by atoms with Crippen LogP contribution in [0.4, 0.5) is 10.5 Å². The standard InChI is InChI=1S/C19H21N5O/c1-13-5-6-15(11-14(13)2)22-18(25)24-19(8-3-4-9-19)16-7-10-21-17(12-20)23-16/h5-7,10-11H,3-4,8-9H2,1-2H3,(H2,22,24,25). The van der Waals surface area contributed by atoms with Crippen molar-refractivity contribution in [1.82, 2.24) is 15.3 Å². The maximum Gasteiger partial charge on any atom is 0.319 e. The zero-order chi connectivity index (χ0) is 17.9. The van der Waals surface area contributed by atoms with Gasteiger partial charge >= 0.3 is 6.03 Å².